The molecule has 38 heavy (non-hydrogen) atoms. The lowest BCUT2D eigenvalue weighted by Gasteiger charge is -2.35. The Kier molecular flexibility index (Phi) is 7.34. The van der Waals surface area contributed by atoms with Crippen LogP contribution in [0.4, 0.5) is 4.39 Å². The molecule has 0 unspecified atom stereocenters. The van der Waals surface area contributed by atoms with Gasteiger partial charge in [0.2, 0.25) is 5.91 Å². The summed E-state index contributed by atoms with van der Waals surface area (Å²) in [7, 11) is 0. The summed E-state index contributed by atoms with van der Waals surface area (Å²) in [4.78, 5) is 37.1. The van der Waals surface area contributed by atoms with Gasteiger partial charge in [0.1, 0.15) is 35.7 Å². The number of carbonyl (C=O) groups is 2. The lowest BCUT2D eigenvalue weighted by Crippen LogP contribution is -2.48. The van der Waals surface area contributed by atoms with Gasteiger partial charge < -0.3 is 25.5 Å². The number of hydrogen-bond acceptors (Lipinski definition) is 6. The molecule has 0 aliphatic heterocycles. The number of ether oxygens (including phenoxy) is 1. The number of halogens is 1. The Morgan fingerprint density at radius 2 is 1.95 bits per heavy atom. The second kappa shape index (κ2) is 10.7. The van der Waals surface area contributed by atoms with Gasteiger partial charge in [-0.1, -0.05) is 13.0 Å². The highest BCUT2D eigenvalue weighted by atomic mass is 19.1. The summed E-state index contributed by atoms with van der Waals surface area (Å²) < 4.78 is 21.5. The molecule has 3 aromatic rings. The minimum Gasteiger partial charge on any atom is -0.492 e. The molecule has 0 spiro atoms. The molecule has 2 saturated carbocycles. The summed E-state index contributed by atoms with van der Waals surface area (Å²) in [6.07, 6.45) is 5.69. The molecule has 2 aliphatic rings. The number of benzene rings is 1. The maximum atomic E-state index is 15.5. The summed E-state index contributed by atoms with van der Waals surface area (Å²) in [5, 5.41) is 15.0. The van der Waals surface area contributed by atoms with E-state index in [1.54, 1.807) is 26.0 Å². The molecule has 3 atom stereocenters. The number of rotatable bonds is 8. The molecule has 202 valence electrons. The SMILES string of the molecule is Cc1ccc(OCC2CC2)c(-c2ncnc3c(C(=O)N[C@@H]4CC[C@@H](NC(=O)CO)C[C@H]4C)c(C)[nH]c23)c1F. The van der Waals surface area contributed by atoms with Crippen LogP contribution in [0.5, 0.6) is 5.75 Å². The van der Waals surface area contributed by atoms with Gasteiger partial charge in [-0.15, -0.1) is 0 Å². The zero-order valence-electron chi connectivity index (χ0n) is 21.9. The monoisotopic (exact) mass is 523 g/mol. The Morgan fingerprint density at radius 1 is 1.16 bits per heavy atom. The van der Waals surface area contributed by atoms with Crippen LogP contribution < -0.4 is 15.4 Å². The van der Waals surface area contributed by atoms with Crippen LogP contribution >= 0.6 is 0 Å². The Morgan fingerprint density at radius 3 is 2.66 bits per heavy atom. The van der Waals surface area contributed by atoms with Crippen molar-refractivity contribution in [2.24, 2.45) is 11.8 Å². The standard InChI is InChI=1S/C28H34FN5O4/c1-14-4-9-20(38-12-17-5-6-17)23(24(14)29)26-27-25(30-13-31-26)22(16(3)32-27)28(37)34-19-8-7-18(10-15(19)2)33-21(36)11-35/h4,9,13,15,17-19,32,35H,5-8,10-12H2,1-3H3,(H,33,36)(H,34,37)/t15-,18-,19-/m1/s1. The van der Waals surface area contributed by atoms with Gasteiger partial charge >= 0.3 is 0 Å². The summed E-state index contributed by atoms with van der Waals surface area (Å²) in [6.45, 7) is 5.53. The van der Waals surface area contributed by atoms with E-state index < -0.39 is 12.4 Å². The molecule has 0 saturated heterocycles. The van der Waals surface area contributed by atoms with E-state index in [-0.39, 0.29) is 35.4 Å². The van der Waals surface area contributed by atoms with E-state index >= 15 is 4.39 Å². The molecule has 0 radical (unpaired) electrons. The second-order valence-electron chi connectivity index (χ2n) is 10.7. The van der Waals surface area contributed by atoms with Gasteiger partial charge in [0.05, 0.1) is 23.3 Å². The molecular formula is C28H34FN5O4. The van der Waals surface area contributed by atoms with E-state index in [1.165, 1.54) is 6.33 Å². The number of aliphatic hydroxyl groups excluding tert-OH is 1. The van der Waals surface area contributed by atoms with E-state index in [0.717, 1.165) is 12.8 Å². The van der Waals surface area contributed by atoms with Crippen LogP contribution in [0.15, 0.2) is 18.5 Å². The summed E-state index contributed by atoms with van der Waals surface area (Å²) in [6, 6.07) is 3.37. The molecule has 2 heterocycles. The van der Waals surface area contributed by atoms with Crippen LogP contribution in [0.2, 0.25) is 0 Å². The fourth-order valence-electron chi connectivity index (χ4n) is 5.34. The minimum absolute atomic E-state index is 0.0246. The number of aromatic nitrogens is 3. The maximum absolute atomic E-state index is 15.5. The summed E-state index contributed by atoms with van der Waals surface area (Å²) in [5.41, 5.74) is 3.03. The Balaban J connectivity index is 1.42. The first-order valence-corrected chi connectivity index (χ1v) is 13.2. The number of nitrogens with zero attached hydrogens (tertiary/aromatic N) is 2. The van der Waals surface area contributed by atoms with Crippen molar-refractivity contribution >= 4 is 22.8 Å². The van der Waals surface area contributed by atoms with Gasteiger partial charge in [-0.25, -0.2) is 14.4 Å². The first-order chi connectivity index (χ1) is 18.3. The van der Waals surface area contributed by atoms with Crippen LogP contribution in [-0.2, 0) is 4.79 Å². The van der Waals surface area contributed by atoms with Crippen LogP contribution in [0, 0.1) is 31.5 Å². The van der Waals surface area contributed by atoms with Crippen LogP contribution in [-0.4, -0.2) is 57.2 Å². The van der Waals surface area contributed by atoms with Crippen molar-refractivity contribution < 1.29 is 23.8 Å². The molecular weight excluding hydrogens is 489 g/mol. The number of aromatic amines is 1. The topological polar surface area (TPSA) is 129 Å². The number of carbonyl (C=O) groups excluding carboxylic acids is 2. The van der Waals surface area contributed by atoms with Crippen molar-refractivity contribution in [3.63, 3.8) is 0 Å². The number of fused-ring (bicyclic) bond motifs is 1. The summed E-state index contributed by atoms with van der Waals surface area (Å²) >= 11 is 0. The van der Waals surface area contributed by atoms with Gasteiger partial charge in [-0.05, 0) is 69.4 Å². The van der Waals surface area contributed by atoms with Gasteiger partial charge in [0.15, 0.2) is 0 Å². The Bertz CT molecular complexity index is 1370. The molecule has 2 amide bonds. The molecule has 5 rings (SSSR count). The number of aryl methyl sites for hydroxylation is 2. The van der Waals surface area contributed by atoms with Crippen molar-refractivity contribution in [3.8, 4) is 17.0 Å². The third-order valence-electron chi connectivity index (χ3n) is 7.70. The van der Waals surface area contributed by atoms with E-state index in [1.807, 2.05) is 6.92 Å². The largest absolute Gasteiger partial charge is 0.492 e. The molecule has 1 aromatic carbocycles. The van der Waals surface area contributed by atoms with Crippen molar-refractivity contribution in [1.29, 1.82) is 0 Å². The van der Waals surface area contributed by atoms with E-state index in [0.29, 0.717) is 71.1 Å². The first-order valence-electron chi connectivity index (χ1n) is 13.2. The van der Waals surface area contributed by atoms with Crippen LogP contribution in [0.25, 0.3) is 22.3 Å². The quantitative estimate of drug-likeness (QED) is 0.357. The smallest absolute Gasteiger partial charge is 0.255 e. The molecule has 0 bridgehead atoms. The van der Waals surface area contributed by atoms with Gasteiger partial charge in [-0.2, -0.15) is 0 Å². The number of aliphatic hydroxyl groups is 1. The maximum Gasteiger partial charge on any atom is 0.255 e. The number of hydrogen-bond donors (Lipinski definition) is 4. The van der Waals surface area contributed by atoms with Crippen LogP contribution in [0.1, 0.15) is 60.6 Å². The highest BCUT2D eigenvalue weighted by Gasteiger charge is 2.31. The van der Waals surface area contributed by atoms with Gasteiger partial charge in [-0.3, -0.25) is 9.59 Å². The average molecular weight is 524 g/mol. The van der Waals surface area contributed by atoms with Crippen molar-refractivity contribution in [2.75, 3.05) is 13.2 Å². The predicted molar refractivity (Wildman–Crippen MR) is 140 cm³/mol. The Labute approximate surface area is 220 Å². The number of amides is 2. The third kappa shape index (κ3) is 5.22. The zero-order chi connectivity index (χ0) is 27.0. The summed E-state index contributed by atoms with van der Waals surface area (Å²) in [5.74, 6) is 0.000303. The predicted octanol–water partition coefficient (Wildman–Crippen LogP) is 3.57. The normalized spacial score (nSPS) is 21.3. The average Bonchev–Trinajstić information content (AvgIpc) is 3.66. The number of H-pyrrole nitrogens is 1. The minimum atomic E-state index is -0.532. The van der Waals surface area contributed by atoms with Gasteiger partial charge in [0, 0.05) is 17.8 Å². The molecule has 4 N–H and O–H groups in total. The first kappa shape index (κ1) is 26.1. The fourth-order valence-corrected chi connectivity index (χ4v) is 5.34. The van der Waals surface area contributed by atoms with Crippen molar-refractivity contribution in [2.45, 2.75) is 65.0 Å². The molecule has 2 fully saturated rings. The third-order valence-corrected chi connectivity index (χ3v) is 7.70. The molecule has 2 aliphatic carbocycles. The van der Waals surface area contributed by atoms with E-state index in [2.05, 4.69) is 25.6 Å². The van der Waals surface area contributed by atoms with E-state index in [4.69, 9.17) is 9.84 Å². The zero-order valence-corrected chi connectivity index (χ0v) is 21.9. The van der Waals surface area contributed by atoms with E-state index in [9.17, 15) is 9.59 Å². The second-order valence-corrected chi connectivity index (χ2v) is 10.7. The fraction of sp³-hybridized carbons (Fsp3) is 0.500. The molecule has 9 nitrogen and oxygen atoms in total. The van der Waals surface area contributed by atoms with Gasteiger partial charge in [0.25, 0.3) is 5.91 Å². The molecule has 10 heteroatoms. The lowest BCUT2D eigenvalue weighted by atomic mass is 9.82. The van der Waals surface area contributed by atoms with Crippen molar-refractivity contribution in [3.05, 3.63) is 41.1 Å². The number of nitrogens with one attached hydrogen (secondary N) is 3. The lowest BCUT2D eigenvalue weighted by molar-refractivity contribution is -0.124. The highest BCUT2D eigenvalue weighted by Crippen LogP contribution is 2.39. The van der Waals surface area contributed by atoms with Crippen LogP contribution in [0.3, 0.4) is 0 Å². The highest BCUT2D eigenvalue weighted by molar-refractivity contribution is 6.09. The Hall–Kier alpha value is -3.53. The van der Waals surface area contributed by atoms with Crippen molar-refractivity contribution in [1.82, 2.24) is 25.6 Å². The molecule has 2 aromatic heterocycles.